The molecule has 0 saturated heterocycles. The number of amides is 1. The van der Waals surface area contributed by atoms with Gasteiger partial charge in [0.1, 0.15) is 28.2 Å². The molecule has 2 N–H and O–H groups in total. The number of nitrogens with one attached hydrogen (secondary N) is 2. The fourth-order valence-electron chi connectivity index (χ4n) is 4.34. The Hall–Kier alpha value is -3.70. The molecule has 1 aliphatic heterocycles. The van der Waals surface area contributed by atoms with E-state index in [4.69, 9.17) is 4.74 Å². The number of thiophene rings is 1. The second-order valence-electron chi connectivity index (χ2n) is 8.63. The molecule has 4 rings (SSSR count). The van der Waals surface area contributed by atoms with Gasteiger partial charge in [-0.05, 0) is 42.5 Å². The van der Waals surface area contributed by atoms with Crippen molar-refractivity contribution >= 4 is 33.7 Å². The van der Waals surface area contributed by atoms with Crippen LogP contribution in [0.25, 0.3) is 0 Å². The van der Waals surface area contributed by atoms with Crippen molar-refractivity contribution < 1.29 is 14.3 Å². The van der Waals surface area contributed by atoms with Crippen LogP contribution in [-0.4, -0.2) is 29.8 Å². The third kappa shape index (κ3) is 5.69. The summed E-state index contributed by atoms with van der Waals surface area (Å²) in [4.78, 5) is 30.7. The van der Waals surface area contributed by atoms with Crippen LogP contribution in [-0.2, 0) is 22.4 Å². The van der Waals surface area contributed by atoms with E-state index in [-0.39, 0.29) is 29.9 Å². The summed E-state index contributed by atoms with van der Waals surface area (Å²) in [5.41, 5.74) is 3.03. The molecular formula is C27H28N4O3S. The van der Waals surface area contributed by atoms with E-state index in [1.165, 1.54) is 11.3 Å². The van der Waals surface area contributed by atoms with E-state index in [1.54, 1.807) is 12.4 Å². The molecule has 35 heavy (non-hydrogen) atoms. The van der Waals surface area contributed by atoms with E-state index in [0.29, 0.717) is 36.6 Å². The summed E-state index contributed by atoms with van der Waals surface area (Å²) in [5, 5.41) is 16.5. The van der Waals surface area contributed by atoms with Gasteiger partial charge in [0.15, 0.2) is 0 Å². The fraction of sp³-hybridized carbons (Fsp3) is 0.333. The number of hydrogen-bond acceptors (Lipinski definition) is 7. The lowest BCUT2D eigenvalue weighted by atomic mass is 9.91. The number of anilines is 2. The van der Waals surface area contributed by atoms with Crippen LogP contribution in [0.15, 0.2) is 48.8 Å². The molecule has 1 unspecified atom stereocenters. The molecule has 0 aliphatic carbocycles. The minimum absolute atomic E-state index is 0.0505. The highest BCUT2D eigenvalue weighted by molar-refractivity contribution is 7.17. The Labute approximate surface area is 209 Å². The Morgan fingerprint density at radius 2 is 2.14 bits per heavy atom. The standard InChI is InChI=1S/C27H28N4O3S/c1-3-34-23-9-5-4-8-20(23)17(2)11-25(33)31-27-21(14-28)26-24(35-27)13-19(16-30-26)22(32)12-18-7-6-10-29-15-18/h4-10,15,17,19,30H,3,11-13,16H2,1-2H3,(H,31,33)/t17-,19?/m0/s1. The molecule has 0 bridgehead atoms. The average Bonchev–Trinajstić information content (AvgIpc) is 3.20. The maximum Gasteiger partial charge on any atom is 0.225 e. The zero-order valence-electron chi connectivity index (χ0n) is 19.8. The van der Waals surface area contributed by atoms with Gasteiger partial charge in [-0.1, -0.05) is 31.2 Å². The summed E-state index contributed by atoms with van der Waals surface area (Å²) in [5.74, 6) is 0.515. The number of fused-ring (bicyclic) bond motifs is 1. The van der Waals surface area contributed by atoms with Crippen molar-refractivity contribution in [1.82, 2.24) is 4.98 Å². The number of nitriles is 1. The molecule has 1 aliphatic rings. The third-order valence-corrected chi connectivity index (χ3v) is 7.23. The molecule has 3 heterocycles. The molecule has 180 valence electrons. The van der Waals surface area contributed by atoms with Crippen LogP contribution in [0.5, 0.6) is 5.75 Å². The molecule has 2 aromatic heterocycles. The van der Waals surface area contributed by atoms with Crippen molar-refractivity contribution in [2.24, 2.45) is 5.92 Å². The van der Waals surface area contributed by atoms with Crippen LogP contribution < -0.4 is 15.4 Å². The normalized spacial score (nSPS) is 15.3. The van der Waals surface area contributed by atoms with Gasteiger partial charge in [-0.15, -0.1) is 11.3 Å². The highest BCUT2D eigenvalue weighted by atomic mass is 32.1. The number of rotatable bonds is 9. The van der Waals surface area contributed by atoms with Gasteiger partial charge in [0.2, 0.25) is 5.91 Å². The zero-order valence-corrected chi connectivity index (χ0v) is 20.7. The van der Waals surface area contributed by atoms with Gasteiger partial charge in [-0.3, -0.25) is 14.6 Å². The topological polar surface area (TPSA) is 104 Å². The highest BCUT2D eigenvalue weighted by Crippen LogP contribution is 2.41. The third-order valence-electron chi connectivity index (χ3n) is 6.10. The second-order valence-corrected chi connectivity index (χ2v) is 9.73. The Morgan fingerprint density at radius 3 is 2.89 bits per heavy atom. The maximum atomic E-state index is 12.9. The summed E-state index contributed by atoms with van der Waals surface area (Å²) in [6, 6.07) is 13.7. The molecule has 0 radical (unpaired) electrons. The van der Waals surface area contributed by atoms with E-state index in [2.05, 4.69) is 21.7 Å². The molecule has 3 aromatic rings. The SMILES string of the molecule is CCOc1ccccc1[C@@H](C)CC(=O)Nc1sc2c(c1C#N)NCC(C(=O)Cc1cccnc1)C2. The monoisotopic (exact) mass is 488 g/mol. The van der Waals surface area contributed by atoms with Crippen molar-refractivity contribution in [1.29, 1.82) is 5.26 Å². The molecular weight excluding hydrogens is 460 g/mol. The minimum Gasteiger partial charge on any atom is -0.494 e. The van der Waals surface area contributed by atoms with Crippen molar-refractivity contribution in [2.75, 3.05) is 23.8 Å². The number of hydrogen-bond donors (Lipinski definition) is 2. The van der Waals surface area contributed by atoms with Gasteiger partial charge < -0.3 is 15.4 Å². The van der Waals surface area contributed by atoms with Crippen molar-refractivity contribution in [3.8, 4) is 11.8 Å². The Morgan fingerprint density at radius 1 is 1.31 bits per heavy atom. The molecule has 0 saturated carbocycles. The number of carbonyl (C=O) groups excluding carboxylic acids is 2. The molecule has 1 aromatic carbocycles. The number of carbonyl (C=O) groups is 2. The molecule has 0 spiro atoms. The predicted molar refractivity (Wildman–Crippen MR) is 137 cm³/mol. The molecule has 0 fully saturated rings. The number of Topliss-reactive ketones (excluding diaryl/α,β-unsaturated/α-hetero) is 1. The lowest BCUT2D eigenvalue weighted by Crippen LogP contribution is -2.30. The van der Waals surface area contributed by atoms with Gasteiger partial charge in [0.05, 0.1) is 12.3 Å². The van der Waals surface area contributed by atoms with E-state index in [0.717, 1.165) is 27.4 Å². The number of ether oxygens (including phenoxy) is 1. The van der Waals surface area contributed by atoms with Crippen molar-refractivity contribution in [3.05, 3.63) is 70.4 Å². The fourth-order valence-corrected chi connectivity index (χ4v) is 5.56. The van der Waals surface area contributed by atoms with Crippen LogP contribution in [0.4, 0.5) is 10.7 Å². The van der Waals surface area contributed by atoms with Gasteiger partial charge >= 0.3 is 0 Å². The number of ketones is 1. The quantitative estimate of drug-likeness (QED) is 0.442. The first-order valence-corrected chi connectivity index (χ1v) is 12.5. The summed E-state index contributed by atoms with van der Waals surface area (Å²) >= 11 is 1.37. The number of aromatic nitrogens is 1. The number of para-hydroxylation sites is 1. The Kier molecular flexibility index (Phi) is 7.78. The van der Waals surface area contributed by atoms with Crippen molar-refractivity contribution in [2.45, 2.75) is 39.0 Å². The van der Waals surface area contributed by atoms with Crippen molar-refractivity contribution in [3.63, 3.8) is 0 Å². The van der Waals surface area contributed by atoms with Crippen LogP contribution in [0.3, 0.4) is 0 Å². The smallest absolute Gasteiger partial charge is 0.225 e. The number of pyridine rings is 1. The summed E-state index contributed by atoms with van der Waals surface area (Å²) in [6.07, 6.45) is 4.54. The lowest BCUT2D eigenvalue weighted by Gasteiger charge is -2.22. The lowest BCUT2D eigenvalue weighted by molar-refractivity contribution is -0.122. The van der Waals surface area contributed by atoms with Gasteiger partial charge in [-0.2, -0.15) is 5.26 Å². The van der Waals surface area contributed by atoms with E-state index < -0.39 is 0 Å². The van der Waals surface area contributed by atoms with E-state index in [1.807, 2.05) is 50.2 Å². The van der Waals surface area contributed by atoms with E-state index >= 15 is 0 Å². The molecule has 7 nitrogen and oxygen atoms in total. The van der Waals surface area contributed by atoms with Crippen LogP contribution in [0.2, 0.25) is 0 Å². The molecule has 1 amide bonds. The first-order valence-electron chi connectivity index (χ1n) is 11.7. The first kappa shape index (κ1) is 24.4. The van der Waals surface area contributed by atoms with Crippen LogP contribution in [0, 0.1) is 17.2 Å². The minimum atomic E-state index is -0.188. The summed E-state index contributed by atoms with van der Waals surface area (Å²) < 4.78 is 5.70. The molecule has 2 atom stereocenters. The van der Waals surface area contributed by atoms with E-state index in [9.17, 15) is 14.9 Å². The summed E-state index contributed by atoms with van der Waals surface area (Å²) in [7, 11) is 0. The average molecular weight is 489 g/mol. The summed E-state index contributed by atoms with van der Waals surface area (Å²) in [6.45, 7) is 4.94. The largest absolute Gasteiger partial charge is 0.494 e. The number of benzene rings is 1. The highest BCUT2D eigenvalue weighted by Gasteiger charge is 2.30. The molecule has 8 heteroatoms. The zero-order chi connectivity index (χ0) is 24.8. The number of nitrogens with zero attached hydrogens (tertiary/aromatic N) is 2. The van der Waals surface area contributed by atoms with Crippen LogP contribution in [0.1, 0.15) is 47.8 Å². The Balaban J connectivity index is 1.43. The van der Waals surface area contributed by atoms with Gasteiger partial charge in [-0.25, -0.2) is 0 Å². The van der Waals surface area contributed by atoms with Gasteiger partial charge in [0.25, 0.3) is 0 Å². The predicted octanol–water partition coefficient (Wildman–Crippen LogP) is 4.94. The van der Waals surface area contributed by atoms with Gasteiger partial charge in [0, 0.05) is 42.6 Å². The first-order chi connectivity index (χ1) is 17.0. The Bertz CT molecular complexity index is 1250. The maximum absolute atomic E-state index is 12.9. The van der Waals surface area contributed by atoms with Crippen LogP contribution >= 0.6 is 11.3 Å². The second kappa shape index (κ2) is 11.2.